The number of aliphatic hydroxyl groups is 1. The third-order valence-corrected chi connectivity index (χ3v) is 4.50. The van der Waals surface area contributed by atoms with E-state index < -0.39 is 11.6 Å². The Bertz CT molecular complexity index is 310. The molecule has 0 bridgehead atoms. The smallest absolute Gasteiger partial charge is 0.246 e. The average molecular weight is 227 g/mol. The van der Waals surface area contributed by atoms with Crippen LogP contribution in [0.1, 0.15) is 26.7 Å². The van der Waals surface area contributed by atoms with Crippen molar-refractivity contribution in [1.82, 2.24) is 9.80 Å². The van der Waals surface area contributed by atoms with E-state index >= 15 is 0 Å². The van der Waals surface area contributed by atoms with Crippen LogP contribution >= 0.6 is 0 Å². The van der Waals surface area contributed by atoms with Crippen molar-refractivity contribution in [2.24, 2.45) is 5.73 Å². The third-order valence-electron chi connectivity index (χ3n) is 4.50. The largest absolute Gasteiger partial charge is 0.352 e. The highest BCUT2D eigenvalue weighted by molar-refractivity contribution is 5.05. The van der Waals surface area contributed by atoms with Gasteiger partial charge >= 0.3 is 0 Å². The number of ether oxygens (including phenoxy) is 1. The molecule has 3 rings (SSSR count). The van der Waals surface area contributed by atoms with Gasteiger partial charge in [-0.05, 0) is 33.2 Å². The molecule has 0 amide bonds. The van der Waals surface area contributed by atoms with Crippen LogP contribution in [-0.2, 0) is 4.74 Å². The van der Waals surface area contributed by atoms with Gasteiger partial charge in [-0.1, -0.05) is 0 Å². The van der Waals surface area contributed by atoms with E-state index in [1.807, 2.05) is 18.7 Å². The highest BCUT2D eigenvalue weighted by atomic mass is 16.7. The molecule has 0 aromatic heterocycles. The molecule has 0 aromatic rings. The second kappa shape index (κ2) is 3.17. The average Bonchev–Trinajstić information content (AvgIpc) is 2.70. The molecule has 0 saturated carbocycles. The zero-order chi connectivity index (χ0) is 11.6. The fraction of sp³-hybridized carbons (Fsp3) is 1.00. The molecule has 0 aliphatic carbocycles. The Morgan fingerprint density at radius 1 is 1.38 bits per heavy atom. The number of nitrogens with two attached hydrogens (primary N) is 1. The normalized spacial score (nSPS) is 54.0. The van der Waals surface area contributed by atoms with E-state index in [4.69, 9.17) is 10.5 Å². The lowest BCUT2D eigenvalue weighted by Crippen LogP contribution is -2.65. The van der Waals surface area contributed by atoms with Crippen LogP contribution in [0.3, 0.4) is 0 Å². The number of rotatable bonds is 0. The fourth-order valence-corrected chi connectivity index (χ4v) is 3.42. The first-order valence-corrected chi connectivity index (χ1v) is 6.17. The third kappa shape index (κ3) is 1.23. The van der Waals surface area contributed by atoms with Crippen LogP contribution in [-0.4, -0.2) is 58.3 Å². The van der Waals surface area contributed by atoms with Crippen molar-refractivity contribution in [3.63, 3.8) is 0 Å². The van der Waals surface area contributed by atoms with Crippen LogP contribution in [0, 0.1) is 0 Å². The minimum atomic E-state index is -1.17. The number of hydrogen-bond acceptors (Lipinski definition) is 5. The molecule has 0 radical (unpaired) electrons. The maximum atomic E-state index is 10.8. The van der Waals surface area contributed by atoms with Crippen LogP contribution in [0.15, 0.2) is 0 Å². The van der Waals surface area contributed by atoms with Crippen LogP contribution in [0.2, 0.25) is 0 Å². The van der Waals surface area contributed by atoms with Gasteiger partial charge in [-0.3, -0.25) is 4.90 Å². The van der Waals surface area contributed by atoms with Crippen molar-refractivity contribution >= 4 is 0 Å². The van der Waals surface area contributed by atoms with Crippen molar-refractivity contribution < 1.29 is 9.84 Å². The molecule has 0 aromatic carbocycles. The van der Waals surface area contributed by atoms with Gasteiger partial charge < -0.3 is 15.6 Å². The maximum Gasteiger partial charge on any atom is 0.246 e. The zero-order valence-corrected chi connectivity index (χ0v) is 10.0. The summed E-state index contributed by atoms with van der Waals surface area (Å²) in [5.74, 6) is -1.17. The Labute approximate surface area is 96.1 Å². The Hall–Kier alpha value is -0.200. The van der Waals surface area contributed by atoms with E-state index in [1.54, 1.807) is 0 Å². The van der Waals surface area contributed by atoms with Crippen LogP contribution in [0.4, 0.5) is 0 Å². The van der Waals surface area contributed by atoms with Crippen molar-refractivity contribution in [3.8, 4) is 0 Å². The molecule has 16 heavy (non-hydrogen) atoms. The highest BCUT2D eigenvalue weighted by Crippen LogP contribution is 2.43. The molecule has 3 saturated heterocycles. The quantitative estimate of drug-likeness (QED) is 0.584. The van der Waals surface area contributed by atoms with Gasteiger partial charge in [-0.15, -0.1) is 0 Å². The minimum absolute atomic E-state index is 0.0558. The van der Waals surface area contributed by atoms with Crippen molar-refractivity contribution in [1.29, 1.82) is 0 Å². The molecule has 92 valence electrons. The van der Waals surface area contributed by atoms with Crippen LogP contribution in [0.25, 0.3) is 0 Å². The van der Waals surface area contributed by atoms with Gasteiger partial charge in [-0.25, -0.2) is 4.90 Å². The Kier molecular flexibility index (Phi) is 2.17. The van der Waals surface area contributed by atoms with E-state index in [0.717, 1.165) is 32.5 Å². The lowest BCUT2D eigenvalue weighted by molar-refractivity contribution is -0.311. The molecule has 3 aliphatic rings. The Balaban J connectivity index is 1.95. The number of nitrogens with zero attached hydrogens (tertiary/aromatic N) is 2. The van der Waals surface area contributed by atoms with Gasteiger partial charge in [0.25, 0.3) is 0 Å². The second-order valence-corrected chi connectivity index (χ2v) is 5.51. The molecule has 3 heterocycles. The molecular formula is C11H21N3O2. The lowest BCUT2D eigenvalue weighted by atomic mass is 10.0. The van der Waals surface area contributed by atoms with Gasteiger partial charge in [0.05, 0.1) is 12.1 Å². The van der Waals surface area contributed by atoms with E-state index in [-0.39, 0.29) is 12.1 Å². The van der Waals surface area contributed by atoms with Gasteiger partial charge in [0.15, 0.2) is 0 Å². The summed E-state index contributed by atoms with van der Waals surface area (Å²) in [7, 11) is 0. The summed E-state index contributed by atoms with van der Waals surface area (Å²) in [5, 5.41) is 10.8. The predicted octanol–water partition coefficient (Wildman–Crippen LogP) is -0.494. The van der Waals surface area contributed by atoms with Crippen molar-refractivity contribution in [3.05, 3.63) is 0 Å². The summed E-state index contributed by atoms with van der Waals surface area (Å²) < 4.78 is 5.78. The van der Waals surface area contributed by atoms with Crippen LogP contribution in [0.5, 0.6) is 0 Å². The first-order chi connectivity index (χ1) is 7.45. The van der Waals surface area contributed by atoms with Gasteiger partial charge in [0.1, 0.15) is 5.72 Å². The molecule has 1 unspecified atom stereocenters. The second-order valence-electron chi connectivity index (χ2n) is 5.51. The summed E-state index contributed by atoms with van der Waals surface area (Å²) in [6.45, 7) is 6.80. The van der Waals surface area contributed by atoms with E-state index in [2.05, 4.69) is 4.90 Å². The SMILES string of the molecule is CC1N2CCN3CCC[C@H]3[C@]2(O)O[C@@]1(C)N. The number of fused-ring (bicyclic) bond motifs is 3. The monoisotopic (exact) mass is 227 g/mol. The topological polar surface area (TPSA) is 62.0 Å². The summed E-state index contributed by atoms with van der Waals surface area (Å²) in [5.41, 5.74) is 5.35. The highest BCUT2D eigenvalue weighted by Gasteiger charge is 2.62. The van der Waals surface area contributed by atoms with E-state index in [1.165, 1.54) is 0 Å². The molecule has 5 heteroatoms. The summed E-state index contributed by atoms with van der Waals surface area (Å²) in [6.07, 6.45) is 2.13. The van der Waals surface area contributed by atoms with E-state index in [9.17, 15) is 5.11 Å². The lowest BCUT2D eigenvalue weighted by Gasteiger charge is -2.46. The summed E-state index contributed by atoms with van der Waals surface area (Å²) in [6, 6.07) is 0.148. The fourth-order valence-electron chi connectivity index (χ4n) is 3.42. The molecule has 5 nitrogen and oxygen atoms in total. The van der Waals surface area contributed by atoms with Gasteiger partial charge in [-0.2, -0.15) is 0 Å². The molecule has 3 aliphatic heterocycles. The Morgan fingerprint density at radius 2 is 2.12 bits per heavy atom. The van der Waals surface area contributed by atoms with Crippen molar-refractivity contribution in [2.45, 2.75) is 50.4 Å². The molecular weight excluding hydrogens is 206 g/mol. The molecule has 3 N–H and O–H groups in total. The molecule has 0 spiro atoms. The van der Waals surface area contributed by atoms with Crippen molar-refractivity contribution in [2.75, 3.05) is 19.6 Å². The Morgan fingerprint density at radius 3 is 2.88 bits per heavy atom. The van der Waals surface area contributed by atoms with Gasteiger partial charge in [0, 0.05) is 13.1 Å². The molecule has 3 fully saturated rings. The van der Waals surface area contributed by atoms with E-state index in [0.29, 0.717) is 0 Å². The first kappa shape index (κ1) is 10.9. The maximum absolute atomic E-state index is 10.8. The zero-order valence-electron chi connectivity index (χ0n) is 10.0. The number of piperazine rings is 1. The summed E-state index contributed by atoms with van der Waals surface area (Å²) in [4.78, 5) is 4.35. The first-order valence-electron chi connectivity index (χ1n) is 6.17. The summed E-state index contributed by atoms with van der Waals surface area (Å²) >= 11 is 0. The number of hydrogen-bond donors (Lipinski definition) is 2. The van der Waals surface area contributed by atoms with Crippen LogP contribution < -0.4 is 5.73 Å². The standard InChI is InChI=1S/C11H21N3O2/c1-8-10(2,12)16-11(15)9-4-3-5-13(9)6-7-14(8)11/h8-9,15H,3-7,12H2,1-2H3/t8?,9-,10+,11-/m0/s1. The molecule has 4 atom stereocenters. The minimum Gasteiger partial charge on any atom is -0.352 e. The van der Waals surface area contributed by atoms with Gasteiger partial charge in [0.2, 0.25) is 5.91 Å². The predicted molar refractivity (Wildman–Crippen MR) is 59.4 cm³/mol.